The first-order valence-electron chi connectivity index (χ1n) is 7.12. The Bertz CT molecular complexity index is 259. The average Bonchev–Trinajstić information content (AvgIpc) is 2.41. The molecule has 0 aromatic carbocycles. The molecule has 0 aliphatic carbocycles. The van der Waals surface area contributed by atoms with Crippen molar-refractivity contribution >= 4 is 5.91 Å². The third-order valence-electron chi connectivity index (χ3n) is 3.77. The number of likely N-dealkylation sites (tertiary alicyclic amines) is 1. The predicted octanol–water partition coefficient (Wildman–Crippen LogP) is -0.0809. The molecule has 0 aromatic rings. The zero-order chi connectivity index (χ0) is 12.8. The van der Waals surface area contributed by atoms with Crippen LogP contribution >= 0.6 is 0 Å². The van der Waals surface area contributed by atoms with Gasteiger partial charge in [-0.2, -0.15) is 0 Å². The van der Waals surface area contributed by atoms with E-state index in [1.807, 2.05) is 11.8 Å². The fraction of sp³-hybridized carbons (Fsp3) is 0.923. The largest absolute Gasteiger partial charge is 0.378 e. The van der Waals surface area contributed by atoms with Gasteiger partial charge in [0.1, 0.15) is 0 Å². The van der Waals surface area contributed by atoms with Gasteiger partial charge in [0.15, 0.2) is 0 Å². The van der Waals surface area contributed by atoms with E-state index < -0.39 is 0 Å². The molecular weight excluding hydrogens is 230 g/mol. The second-order valence-corrected chi connectivity index (χ2v) is 5.06. The standard InChI is InChI=1S/C13H25N3O2/c1-2-18-12-3-7-16(8-4-12)13(17)11-15-9-5-14-6-10-15/h12,14H,2-11H2,1H3. The van der Waals surface area contributed by atoms with Gasteiger partial charge in [-0.25, -0.2) is 0 Å². The van der Waals surface area contributed by atoms with Gasteiger partial charge in [0.25, 0.3) is 0 Å². The number of rotatable bonds is 4. The molecule has 104 valence electrons. The Morgan fingerprint density at radius 2 is 1.89 bits per heavy atom. The Labute approximate surface area is 109 Å². The van der Waals surface area contributed by atoms with Crippen LogP contribution in [0.3, 0.4) is 0 Å². The van der Waals surface area contributed by atoms with Crippen molar-refractivity contribution in [3.8, 4) is 0 Å². The van der Waals surface area contributed by atoms with E-state index in [0.717, 1.165) is 58.7 Å². The number of hydrogen-bond donors (Lipinski definition) is 1. The molecule has 0 atom stereocenters. The van der Waals surface area contributed by atoms with Crippen LogP contribution in [-0.4, -0.2) is 74.2 Å². The second kappa shape index (κ2) is 7.07. The lowest BCUT2D eigenvalue weighted by Gasteiger charge is -2.34. The van der Waals surface area contributed by atoms with Crippen LogP contribution in [0.4, 0.5) is 0 Å². The van der Waals surface area contributed by atoms with E-state index in [-0.39, 0.29) is 5.91 Å². The summed E-state index contributed by atoms with van der Waals surface area (Å²) < 4.78 is 5.60. The Kier molecular flexibility index (Phi) is 5.41. The number of carbonyl (C=O) groups is 1. The van der Waals surface area contributed by atoms with Crippen LogP contribution < -0.4 is 5.32 Å². The smallest absolute Gasteiger partial charge is 0.236 e. The van der Waals surface area contributed by atoms with Crippen molar-refractivity contribution in [2.24, 2.45) is 0 Å². The van der Waals surface area contributed by atoms with E-state index in [1.54, 1.807) is 0 Å². The summed E-state index contributed by atoms with van der Waals surface area (Å²) in [7, 11) is 0. The van der Waals surface area contributed by atoms with Gasteiger partial charge in [-0.05, 0) is 19.8 Å². The molecule has 2 aliphatic rings. The third kappa shape index (κ3) is 3.93. The lowest BCUT2D eigenvalue weighted by Crippen LogP contribution is -2.50. The van der Waals surface area contributed by atoms with Gasteiger partial charge in [0.05, 0.1) is 12.6 Å². The topological polar surface area (TPSA) is 44.8 Å². The number of piperidine rings is 1. The van der Waals surface area contributed by atoms with Crippen LogP contribution in [0.5, 0.6) is 0 Å². The summed E-state index contributed by atoms with van der Waals surface area (Å²) in [6.07, 6.45) is 2.33. The highest BCUT2D eigenvalue weighted by molar-refractivity contribution is 5.78. The van der Waals surface area contributed by atoms with Crippen molar-refractivity contribution in [3.63, 3.8) is 0 Å². The molecule has 2 aliphatic heterocycles. The molecule has 2 saturated heterocycles. The van der Waals surface area contributed by atoms with E-state index in [0.29, 0.717) is 12.6 Å². The molecule has 5 nitrogen and oxygen atoms in total. The molecule has 0 radical (unpaired) electrons. The Hall–Kier alpha value is -0.650. The minimum absolute atomic E-state index is 0.284. The Morgan fingerprint density at radius 3 is 2.50 bits per heavy atom. The molecule has 0 aromatic heterocycles. The number of nitrogens with zero attached hydrogens (tertiary/aromatic N) is 2. The number of nitrogens with one attached hydrogen (secondary N) is 1. The van der Waals surface area contributed by atoms with Crippen molar-refractivity contribution < 1.29 is 9.53 Å². The molecule has 1 N–H and O–H groups in total. The summed E-state index contributed by atoms with van der Waals surface area (Å²) in [5.41, 5.74) is 0. The monoisotopic (exact) mass is 255 g/mol. The molecule has 5 heteroatoms. The Balaban J connectivity index is 1.70. The van der Waals surface area contributed by atoms with E-state index in [1.165, 1.54) is 0 Å². The molecule has 1 amide bonds. The van der Waals surface area contributed by atoms with Crippen LogP contribution in [0.2, 0.25) is 0 Å². The van der Waals surface area contributed by atoms with Gasteiger partial charge in [-0.15, -0.1) is 0 Å². The number of amides is 1. The minimum atomic E-state index is 0.284. The summed E-state index contributed by atoms with van der Waals surface area (Å²) >= 11 is 0. The summed E-state index contributed by atoms with van der Waals surface area (Å²) in [4.78, 5) is 16.4. The predicted molar refractivity (Wildman–Crippen MR) is 70.5 cm³/mol. The minimum Gasteiger partial charge on any atom is -0.378 e. The van der Waals surface area contributed by atoms with Gasteiger partial charge < -0.3 is 15.0 Å². The zero-order valence-electron chi connectivity index (χ0n) is 11.4. The quantitative estimate of drug-likeness (QED) is 0.763. The lowest BCUT2D eigenvalue weighted by atomic mass is 10.1. The summed E-state index contributed by atoms with van der Waals surface area (Å²) in [5, 5.41) is 3.30. The number of carbonyl (C=O) groups excluding carboxylic acids is 1. The molecular formula is C13H25N3O2. The van der Waals surface area contributed by atoms with Crippen molar-refractivity contribution in [2.75, 3.05) is 52.4 Å². The van der Waals surface area contributed by atoms with E-state index in [4.69, 9.17) is 4.74 Å². The SMILES string of the molecule is CCOC1CCN(C(=O)CN2CCNCC2)CC1. The fourth-order valence-corrected chi connectivity index (χ4v) is 2.67. The van der Waals surface area contributed by atoms with Crippen molar-refractivity contribution in [1.29, 1.82) is 0 Å². The maximum Gasteiger partial charge on any atom is 0.236 e. The number of hydrogen-bond acceptors (Lipinski definition) is 4. The normalized spacial score (nSPS) is 23.3. The molecule has 2 fully saturated rings. The molecule has 0 bridgehead atoms. The highest BCUT2D eigenvalue weighted by Gasteiger charge is 2.24. The Morgan fingerprint density at radius 1 is 1.22 bits per heavy atom. The fourth-order valence-electron chi connectivity index (χ4n) is 2.67. The van der Waals surface area contributed by atoms with Crippen LogP contribution in [0.25, 0.3) is 0 Å². The molecule has 0 spiro atoms. The highest BCUT2D eigenvalue weighted by atomic mass is 16.5. The van der Waals surface area contributed by atoms with Crippen LogP contribution in [0, 0.1) is 0 Å². The third-order valence-corrected chi connectivity index (χ3v) is 3.77. The van der Waals surface area contributed by atoms with E-state index in [9.17, 15) is 4.79 Å². The molecule has 18 heavy (non-hydrogen) atoms. The van der Waals surface area contributed by atoms with Gasteiger partial charge in [0, 0.05) is 45.9 Å². The average molecular weight is 255 g/mol. The van der Waals surface area contributed by atoms with Gasteiger partial charge in [-0.1, -0.05) is 0 Å². The van der Waals surface area contributed by atoms with Crippen LogP contribution in [0.1, 0.15) is 19.8 Å². The lowest BCUT2D eigenvalue weighted by molar-refractivity contribution is -0.135. The first-order chi connectivity index (χ1) is 8.79. The molecule has 2 heterocycles. The molecule has 2 rings (SSSR count). The first kappa shape index (κ1) is 13.8. The van der Waals surface area contributed by atoms with E-state index in [2.05, 4.69) is 10.2 Å². The second-order valence-electron chi connectivity index (χ2n) is 5.06. The number of piperazine rings is 1. The van der Waals surface area contributed by atoms with Gasteiger partial charge in [0.2, 0.25) is 5.91 Å². The summed E-state index contributed by atoms with van der Waals surface area (Å²) in [5.74, 6) is 0.284. The maximum absolute atomic E-state index is 12.2. The van der Waals surface area contributed by atoms with Crippen molar-refractivity contribution in [1.82, 2.24) is 15.1 Å². The van der Waals surface area contributed by atoms with E-state index >= 15 is 0 Å². The van der Waals surface area contributed by atoms with Crippen molar-refractivity contribution in [2.45, 2.75) is 25.9 Å². The summed E-state index contributed by atoms with van der Waals surface area (Å²) in [6.45, 7) is 9.08. The molecule has 0 saturated carbocycles. The van der Waals surface area contributed by atoms with Gasteiger partial charge >= 0.3 is 0 Å². The zero-order valence-corrected chi connectivity index (χ0v) is 11.4. The van der Waals surface area contributed by atoms with Gasteiger partial charge in [-0.3, -0.25) is 9.69 Å². The molecule has 0 unspecified atom stereocenters. The highest BCUT2D eigenvalue weighted by Crippen LogP contribution is 2.14. The maximum atomic E-state index is 12.2. The summed E-state index contributed by atoms with van der Waals surface area (Å²) in [6, 6.07) is 0. The first-order valence-corrected chi connectivity index (χ1v) is 7.12. The van der Waals surface area contributed by atoms with Crippen LogP contribution in [-0.2, 0) is 9.53 Å². The van der Waals surface area contributed by atoms with Crippen LogP contribution in [0.15, 0.2) is 0 Å². The van der Waals surface area contributed by atoms with Crippen molar-refractivity contribution in [3.05, 3.63) is 0 Å². The number of ether oxygens (including phenoxy) is 1.